The van der Waals surface area contributed by atoms with Gasteiger partial charge >= 0.3 is 0 Å². The molecule has 94 valence electrons. The lowest BCUT2D eigenvalue weighted by molar-refractivity contribution is -0.119. The van der Waals surface area contributed by atoms with Crippen LogP contribution >= 0.6 is 0 Å². The number of hydrogen-bond donors (Lipinski definition) is 1. The number of carbonyl (C=O) groups excluding carboxylic acids is 1. The van der Waals surface area contributed by atoms with Crippen LogP contribution in [-0.2, 0) is 17.9 Å². The van der Waals surface area contributed by atoms with Crippen LogP contribution in [0.15, 0.2) is 24.3 Å². The van der Waals surface area contributed by atoms with Gasteiger partial charge in [-0.05, 0) is 24.2 Å². The molecule has 1 aromatic rings. The van der Waals surface area contributed by atoms with Crippen LogP contribution in [0.1, 0.15) is 31.9 Å². The number of benzene rings is 1. The summed E-state index contributed by atoms with van der Waals surface area (Å²) in [6.45, 7) is 9.54. The van der Waals surface area contributed by atoms with Gasteiger partial charge in [0.05, 0.1) is 0 Å². The second-order valence-electron chi connectivity index (χ2n) is 4.14. The van der Waals surface area contributed by atoms with Crippen molar-refractivity contribution in [2.75, 3.05) is 13.1 Å². The van der Waals surface area contributed by atoms with Gasteiger partial charge in [0.2, 0.25) is 5.91 Å². The Bertz CT molecular complexity index is 359. The van der Waals surface area contributed by atoms with E-state index in [4.69, 9.17) is 0 Å². The molecule has 0 aromatic heterocycles. The summed E-state index contributed by atoms with van der Waals surface area (Å²) in [5, 5.41) is 2.85. The number of nitrogens with one attached hydrogen (secondary N) is 1. The van der Waals surface area contributed by atoms with Gasteiger partial charge in [0.15, 0.2) is 0 Å². The molecule has 0 heterocycles. The molecule has 0 saturated carbocycles. The van der Waals surface area contributed by atoms with Crippen molar-refractivity contribution in [3.05, 3.63) is 35.4 Å². The van der Waals surface area contributed by atoms with E-state index in [1.165, 1.54) is 11.1 Å². The second-order valence-corrected chi connectivity index (χ2v) is 4.14. The monoisotopic (exact) mass is 234 g/mol. The van der Waals surface area contributed by atoms with E-state index in [1.807, 2.05) is 6.07 Å². The first-order valence-corrected chi connectivity index (χ1v) is 6.21. The fraction of sp³-hybridized carbons (Fsp3) is 0.500. The molecule has 1 amide bonds. The van der Waals surface area contributed by atoms with Crippen LogP contribution in [0.4, 0.5) is 0 Å². The number of nitrogens with zero attached hydrogens (tertiary/aromatic N) is 1. The molecule has 0 radical (unpaired) electrons. The van der Waals surface area contributed by atoms with E-state index in [-0.39, 0.29) is 5.91 Å². The third kappa shape index (κ3) is 4.57. The van der Waals surface area contributed by atoms with Gasteiger partial charge < -0.3 is 5.32 Å². The number of carbonyl (C=O) groups is 1. The van der Waals surface area contributed by atoms with Crippen molar-refractivity contribution in [3.8, 4) is 0 Å². The highest BCUT2D eigenvalue weighted by Gasteiger charge is 2.06. The fourth-order valence-corrected chi connectivity index (χ4v) is 1.79. The summed E-state index contributed by atoms with van der Waals surface area (Å²) in [6.07, 6.45) is 0. The Morgan fingerprint density at radius 2 is 1.76 bits per heavy atom. The van der Waals surface area contributed by atoms with Gasteiger partial charge in [-0.15, -0.1) is 0 Å². The first-order valence-electron chi connectivity index (χ1n) is 6.21. The molecule has 0 bridgehead atoms. The van der Waals surface area contributed by atoms with E-state index in [0.717, 1.165) is 19.6 Å². The maximum atomic E-state index is 10.9. The normalized spacial score (nSPS) is 10.6. The minimum atomic E-state index is 0.0163. The molecule has 0 unspecified atom stereocenters. The molecule has 3 nitrogen and oxygen atoms in total. The molecule has 0 atom stereocenters. The van der Waals surface area contributed by atoms with E-state index < -0.39 is 0 Å². The minimum Gasteiger partial charge on any atom is -0.352 e. The van der Waals surface area contributed by atoms with Crippen LogP contribution in [0.5, 0.6) is 0 Å². The Morgan fingerprint density at radius 3 is 2.29 bits per heavy atom. The molecule has 0 aliphatic heterocycles. The van der Waals surface area contributed by atoms with Crippen molar-refractivity contribution in [1.29, 1.82) is 0 Å². The maximum Gasteiger partial charge on any atom is 0.217 e. The largest absolute Gasteiger partial charge is 0.352 e. The van der Waals surface area contributed by atoms with Crippen molar-refractivity contribution >= 4 is 5.91 Å². The lowest BCUT2D eigenvalue weighted by Gasteiger charge is -2.20. The Kier molecular flexibility index (Phi) is 5.70. The van der Waals surface area contributed by atoms with Gasteiger partial charge in [-0.2, -0.15) is 0 Å². The summed E-state index contributed by atoms with van der Waals surface area (Å²) >= 11 is 0. The third-order valence-corrected chi connectivity index (χ3v) is 2.93. The molecule has 0 fully saturated rings. The zero-order chi connectivity index (χ0) is 12.7. The van der Waals surface area contributed by atoms with Crippen LogP contribution in [0.25, 0.3) is 0 Å². The number of rotatable bonds is 6. The maximum absolute atomic E-state index is 10.9. The van der Waals surface area contributed by atoms with Crippen molar-refractivity contribution in [3.63, 3.8) is 0 Å². The molecule has 1 rings (SSSR count). The predicted molar refractivity (Wildman–Crippen MR) is 70.6 cm³/mol. The summed E-state index contributed by atoms with van der Waals surface area (Å²) in [4.78, 5) is 13.3. The van der Waals surface area contributed by atoms with Gasteiger partial charge in [0.25, 0.3) is 0 Å². The topological polar surface area (TPSA) is 32.3 Å². The standard InChI is InChI=1S/C14H22N2O/c1-4-16(5-2)11-14-9-7-6-8-13(14)10-15-12(3)17/h6-9H,4-5,10-11H2,1-3H3,(H,15,17). The van der Waals surface area contributed by atoms with Crippen LogP contribution < -0.4 is 5.32 Å². The molecule has 1 aromatic carbocycles. The lowest BCUT2D eigenvalue weighted by Crippen LogP contribution is -2.24. The Hall–Kier alpha value is -1.35. The minimum absolute atomic E-state index is 0.0163. The van der Waals surface area contributed by atoms with Gasteiger partial charge in [-0.1, -0.05) is 38.1 Å². The fourth-order valence-electron chi connectivity index (χ4n) is 1.79. The summed E-state index contributed by atoms with van der Waals surface area (Å²) in [5.41, 5.74) is 2.50. The van der Waals surface area contributed by atoms with Gasteiger partial charge in [-0.3, -0.25) is 9.69 Å². The first-order chi connectivity index (χ1) is 8.17. The van der Waals surface area contributed by atoms with Crippen molar-refractivity contribution in [2.45, 2.75) is 33.9 Å². The molecule has 0 aliphatic carbocycles. The van der Waals surface area contributed by atoms with Crippen LogP contribution in [0.3, 0.4) is 0 Å². The predicted octanol–water partition coefficient (Wildman–Crippen LogP) is 2.16. The quantitative estimate of drug-likeness (QED) is 0.818. The van der Waals surface area contributed by atoms with E-state index in [9.17, 15) is 4.79 Å². The summed E-state index contributed by atoms with van der Waals surface area (Å²) in [5.74, 6) is 0.0163. The molecule has 0 saturated heterocycles. The number of amides is 1. The Labute approximate surface area is 104 Å². The molecular formula is C14H22N2O. The van der Waals surface area contributed by atoms with Crippen LogP contribution in [-0.4, -0.2) is 23.9 Å². The highest BCUT2D eigenvalue weighted by Crippen LogP contribution is 2.11. The SMILES string of the molecule is CCN(CC)Cc1ccccc1CNC(C)=O. The van der Waals surface area contributed by atoms with Crippen LogP contribution in [0.2, 0.25) is 0 Å². The Balaban J connectivity index is 2.72. The average Bonchev–Trinajstić information content (AvgIpc) is 2.34. The zero-order valence-corrected chi connectivity index (χ0v) is 11.0. The van der Waals surface area contributed by atoms with Crippen LogP contribution in [0, 0.1) is 0 Å². The third-order valence-electron chi connectivity index (χ3n) is 2.93. The van der Waals surface area contributed by atoms with E-state index in [0.29, 0.717) is 6.54 Å². The molecule has 17 heavy (non-hydrogen) atoms. The highest BCUT2D eigenvalue weighted by molar-refractivity contribution is 5.72. The van der Waals surface area contributed by atoms with Gasteiger partial charge in [0.1, 0.15) is 0 Å². The summed E-state index contributed by atoms with van der Waals surface area (Å²) < 4.78 is 0. The van der Waals surface area contributed by atoms with E-state index >= 15 is 0 Å². The average molecular weight is 234 g/mol. The molecule has 0 aliphatic rings. The smallest absolute Gasteiger partial charge is 0.217 e. The molecule has 3 heteroatoms. The number of hydrogen-bond acceptors (Lipinski definition) is 2. The van der Waals surface area contributed by atoms with Gasteiger partial charge in [-0.25, -0.2) is 0 Å². The molecule has 0 spiro atoms. The summed E-state index contributed by atoms with van der Waals surface area (Å²) in [6, 6.07) is 8.28. The van der Waals surface area contributed by atoms with Gasteiger partial charge in [0, 0.05) is 20.0 Å². The first kappa shape index (κ1) is 13.7. The molecule has 1 N–H and O–H groups in total. The second kappa shape index (κ2) is 7.07. The lowest BCUT2D eigenvalue weighted by atomic mass is 10.1. The summed E-state index contributed by atoms with van der Waals surface area (Å²) in [7, 11) is 0. The molecular weight excluding hydrogens is 212 g/mol. The van der Waals surface area contributed by atoms with Crippen molar-refractivity contribution in [1.82, 2.24) is 10.2 Å². The van der Waals surface area contributed by atoms with Crippen molar-refractivity contribution < 1.29 is 4.79 Å². The van der Waals surface area contributed by atoms with Crippen molar-refractivity contribution in [2.24, 2.45) is 0 Å². The highest BCUT2D eigenvalue weighted by atomic mass is 16.1. The van der Waals surface area contributed by atoms with E-state index in [1.54, 1.807) is 6.92 Å². The Morgan fingerprint density at radius 1 is 1.18 bits per heavy atom. The zero-order valence-electron chi connectivity index (χ0n) is 11.0. The van der Waals surface area contributed by atoms with E-state index in [2.05, 4.69) is 42.3 Å².